The van der Waals surface area contributed by atoms with Gasteiger partial charge in [0, 0.05) is 16.3 Å². The first kappa shape index (κ1) is 19.1. The van der Waals surface area contributed by atoms with E-state index in [1.807, 2.05) is 41.8 Å². The molecule has 0 spiro atoms. The smallest absolute Gasteiger partial charge is 0.340 e. The van der Waals surface area contributed by atoms with Gasteiger partial charge in [-0.15, -0.1) is 11.3 Å². The molecule has 0 atom stereocenters. The van der Waals surface area contributed by atoms with Gasteiger partial charge in [0.15, 0.2) is 0 Å². The van der Waals surface area contributed by atoms with Crippen molar-refractivity contribution >= 4 is 35.0 Å². The van der Waals surface area contributed by atoms with Crippen LogP contribution in [0.25, 0.3) is 6.08 Å². The van der Waals surface area contributed by atoms with Crippen LogP contribution >= 0.6 is 11.3 Å². The fourth-order valence-electron chi connectivity index (χ4n) is 3.20. The molecule has 0 fully saturated rings. The maximum absolute atomic E-state index is 13.1. The highest BCUT2D eigenvalue weighted by Gasteiger charge is 2.37. The third kappa shape index (κ3) is 3.88. The van der Waals surface area contributed by atoms with Gasteiger partial charge in [-0.2, -0.15) is 0 Å². The Balaban J connectivity index is 1.99. The summed E-state index contributed by atoms with van der Waals surface area (Å²) in [5.41, 5.74) is 3.30. The summed E-state index contributed by atoms with van der Waals surface area (Å²) in [6, 6.07) is 11.8. The van der Waals surface area contributed by atoms with Crippen molar-refractivity contribution in [2.75, 3.05) is 12.0 Å². The number of aryl methyl sites for hydroxylation is 1. The number of ether oxygens (including phenoxy) is 1. The van der Waals surface area contributed by atoms with Gasteiger partial charge >= 0.3 is 5.97 Å². The van der Waals surface area contributed by atoms with Gasteiger partial charge in [-0.1, -0.05) is 31.5 Å². The van der Waals surface area contributed by atoms with Crippen molar-refractivity contribution in [1.82, 2.24) is 0 Å². The van der Waals surface area contributed by atoms with E-state index < -0.39 is 5.97 Å². The van der Waals surface area contributed by atoms with E-state index in [-0.39, 0.29) is 5.91 Å². The quantitative estimate of drug-likeness (QED) is 0.524. The van der Waals surface area contributed by atoms with Crippen molar-refractivity contribution < 1.29 is 14.3 Å². The van der Waals surface area contributed by atoms with E-state index >= 15 is 0 Å². The van der Waals surface area contributed by atoms with Gasteiger partial charge in [0.1, 0.15) is 0 Å². The molecule has 3 rings (SSSR count). The molecule has 2 aromatic rings. The molecule has 0 unspecified atom stereocenters. The Hall–Kier alpha value is -2.66. The first-order valence-electron chi connectivity index (χ1n) is 9.05. The first-order valence-corrected chi connectivity index (χ1v) is 9.93. The van der Waals surface area contributed by atoms with Crippen LogP contribution in [-0.4, -0.2) is 19.0 Å². The van der Waals surface area contributed by atoms with Crippen LogP contribution in [0.15, 0.2) is 58.6 Å². The lowest BCUT2D eigenvalue weighted by atomic mass is 10.1. The number of thiophene rings is 1. The summed E-state index contributed by atoms with van der Waals surface area (Å²) in [7, 11) is 1.33. The molecule has 0 saturated carbocycles. The third-order valence-corrected chi connectivity index (χ3v) is 5.45. The number of carbonyl (C=O) groups excluding carboxylic acids is 2. The summed E-state index contributed by atoms with van der Waals surface area (Å²) < 4.78 is 4.94. The molecule has 27 heavy (non-hydrogen) atoms. The lowest BCUT2D eigenvalue weighted by Crippen LogP contribution is -2.24. The zero-order valence-electron chi connectivity index (χ0n) is 15.8. The number of hydrogen-bond donors (Lipinski definition) is 0. The molecule has 0 saturated heterocycles. The number of anilines is 1. The van der Waals surface area contributed by atoms with Crippen LogP contribution in [0.2, 0.25) is 0 Å². The number of rotatable bonds is 6. The van der Waals surface area contributed by atoms with Gasteiger partial charge in [0.2, 0.25) is 0 Å². The Kier molecular flexibility index (Phi) is 5.91. The maximum atomic E-state index is 13.1. The lowest BCUT2D eigenvalue weighted by molar-refractivity contribution is -0.136. The predicted molar refractivity (Wildman–Crippen MR) is 110 cm³/mol. The van der Waals surface area contributed by atoms with Gasteiger partial charge < -0.3 is 4.74 Å². The molecule has 0 radical (unpaired) electrons. The highest BCUT2D eigenvalue weighted by molar-refractivity contribution is 7.10. The van der Waals surface area contributed by atoms with Crippen molar-refractivity contribution in [3.63, 3.8) is 0 Å². The first-order chi connectivity index (χ1) is 13.1. The minimum atomic E-state index is -0.495. The second kappa shape index (κ2) is 8.35. The molecule has 1 aliphatic heterocycles. The van der Waals surface area contributed by atoms with E-state index in [2.05, 4.69) is 6.92 Å². The molecule has 0 aliphatic carbocycles. The molecule has 1 aliphatic rings. The van der Waals surface area contributed by atoms with Gasteiger partial charge in [0.05, 0.1) is 18.3 Å². The Morgan fingerprint density at radius 3 is 2.56 bits per heavy atom. The van der Waals surface area contributed by atoms with Gasteiger partial charge in [-0.3, -0.25) is 9.69 Å². The monoisotopic (exact) mass is 381 g/mol. The molecule has 2 heterocycles. The van der Waals surface area contributed by atoms with Crippen LogP contribution in [0, 0.1) is 0 Å². The fraction of sp³-hybridized carbons (Fsp3) is 0.273. The molecular formula is C22H23NO3S. The lowest BCUT2D eigenvalue weighted by Gasteiger charge is -2.18. The summed E-state index contributed by atoms with van der Waals surface area (Å²) in [4.78, 5) is 28.0. The van der Waals surface area contributed by atoms with Crippen LogP contribution < -0.4 is 4.90 Å². The molecular weight excluding hydrogens is 358 g/mol. The SMILES string of the molecule is CCCCc1ccc(N2C(=O)C(=Cc3cccs3)C(C(=O)OC)=C2C)cc1. The zero-order chi connectivity index (χ0) is 19.4. The number of unbranched alkanes of at least 4 members (excludes halogenated alkanes) is 1. The Morgan fingerprint density at radius 1 is 1.22 bits per heavy atom. The van der Waals surface area contributed by atoms with Gasteiger partial charge in [-0.05, 0) is 55.0 Å². The van der Waals surface area contributed by atoms with Crippen molar-refractivity contribution in [1.29, 1.82) is 0 Å². The van der Waals surface area contributed by atoms with E-state index in [1.54, 1.807) is 17.9 Å². The molecule has 1 amide bonds. The molecule has 1 aromatic heterocycles. The predicted octanol–water partition coefficient (Wildman–Crippen LogP) is 4.97. The number of esters is 1. The molecule has 1 aromatic carbocycles. The maximum Gasteiger partial charge on any atom is 0.340 e. The van der Waals surface area contributed by atoms with E-state index in [9.17, 15) is 9.59 Å². The van der Waals surface area contributed by atoms with E-state index in [4.69, 9.17) is 4.74 Å². The molecule has 140 valence electrons. The summed E-state index contributed by atoms with van der Waals surface area (Å²) in [6.07, 6.45) is 5.07. The van der Waals surface area contributed by atoms with Crippen molar-refractivity contribution in [2.45, 2.75) is 33.1 Å². The Labute approximate surface area is 163 Å². The standard InChI is InChI=1S/C22H23NO3S/c1-4-5-7-16-9-11-17(12-10-16)23-15(2)20(22(25)26-3)19(21(23)24)14-18-8-6-13-27-18/h6,8-14H,4-5,7H2,1-3H3. The van der Waals surface area contributed by atoms with Crippen LogP contribution in [0.4, 0.5) is 5.69 Å². The molecule has 0 N–H and O–H groups in total. The summed E-state index contributed by atoms with van der Waals surface area (Å²) in [5, 5.41) is 1.94. The number of nitrogens with zero attached hydrogens (tertiary/aromatic N) is 1. The highest BCUT2D eigenvalue weighted by Crippen LogP contribution is 2.36. The summed E-state index contributed by atoms with van der Waals surface area (Å²) in [5.74, 6) is -0.701. The van der Waals surface area contributed by atoms with E-state index in [1.165, 1.54) is 24.0 Å². The number of hydrogen-bond acceptors (Lipinski definition) is 4. The average molecular weight is 381 g/mol. The molecule has 5 heteroatoms. The van der Waals surface area contributed by atoms with Gasteiger partial charge in [0.25, 0.3) is 5.91 Å². The zero-order valence-corrected chi connectivity index (χ0v) is 16.6. The average Bonchev–Trinajstić information content (AvgIpc) is 3.27. The fourth-order valence-corrected chi connectivity index (χ4v) is 3.86. The largest absolute Gasteiger partial charge is 0.465 e. The second-order valence-electron chi connectivity index (χ2n) is 6.44. The number of allylic oxidation sites excluding steroid dienone is 1. The van der Waals surface area contributed by atoms with Crippen molar-refractivity contribution in [3.05, 3.63) is 69.1 Å². The molecule has 4 nitrogen and oxygen atoms in total. The number of amides is 1. The topological polar surface area (TPSA) is 46.6 Å². The van der Waals surface area contributed by atoms with Crippen molar-refractivity contribution in [3.8, 4) is 0 Å². The second-order valence-corrected chi connectivity index (χ2v) is 7.42. The number of benzene rings is 1. The van der Waals surface area contributed by atoms with Crippen LogP contribution in [0.1, 0.15) is 37.1 Å². The summed E-state index contributed by atoms with van der Waals surface area (Å²) >= 11 is 1.52. The minimum Gasteiger partial charge on any atom is -0.465 e. The number of carbonyl (C=O) groups is 2. The van der Waals surface area contributed by atoms with Crippen LogP contribution in [0.3, 0.4) is 0 Å². The van der Waals surface area contributed by atoms with Crippen LogP contribution in [0.5, 0.6) is 0 Å². The van der Waals surface area contributed by atoms with Gasteiger partial charge in [-0.25, -0.2) is 4.79 Å². The highest BCUT2D eigenvalue weighted by atomic mass is 32.1. The Bertz CT molecular complexity index is 892. The normalized spacial score (nSPS) is 15.7. The Morgan fingerprint density at radius 2 is 1.96 bits per heavy atom. The molecule has 0 bridgehead atoms. The number of methoxy groups -OCH3 is 1. The van der Waals surface area contributed by atoms with Crippen LogP contribution in [-0.2, 0) is 20.7 Å². The van der Waals surface area contributed by atoms with Crippen molar-refractivity contribution in [2.24, 2.45) is 0 Å². The third-order valence-electron chi connectivity index (χ3n) is 4.63. The van der Waals surface area contributed by atoms with E-state index in [0.29, 0.717) is 16.8 Å². The summed E-state index contributed by atoms with van der Waals surface area (Å²) in [6.45, 7) is 3.95. The minimum absolute atomic E-state index is 0.206. The van der Waals surface area contributed by atoms with E-state index in [0.717, 1.165) is 29.8 Å².